The molecule has 3 aromatic heterocycles. The lowest BCUT2D eigenvalue weighted by molar-refractivity contribution is 0.668. The molecule has 0 aliphatic carbocycles. The predicted octanol–water partition coefficient (Wildman–Crippen LogP) is 13.1. The average molecular weight is 663 g/mol. The molecule has 8 aromatic carbocycles. The highest BCUT2D eigenvalue weighted by atomic mass is 16.3. The predicted molar refractivity (Wildman–Crippen MR) is 213 cm³/mol. The van der Waals surface area contributed by atoms with Crippen molar-refractivity contribution in [1.82, 2.24) is 9.13 Å². The van der Waals surface area contributed by atoms with Crippen molar-refractivity contribution in [3.05, 3.63) is 182 Å². The van der Waals surface area contributed by atoms with Gasteiger partial charge in [-0.05, 0) is 88.9 Å². The SMILES string of the molecule is [2H]c1c([2H])c([2H])c(-c2cccc3oc4cc(-n5c6c([2H])c([2H])c([2H])c([2H])c6c6c([2H])c(-c7ccc8c(c7)c7ccccc7n8-c7ccccc7)c([2H])c([2H])c65)ccc4c23)c([2H])c1[2H]. The zero-order valence-corrected chi connectivity index (χ0v) is 26.7. The van der Waals surface area contributed by atoms with Crippen molar-refractivity contribution in [2.45, 2.75) is 0 Å². The molecule has 11 aromatic rings. The van der Waals surface area contributed by atoms with Crippen molar-refractivity contribution < 1.29 is 20.9 Å². The Bertz CT molecular complexity index is 3800. The van der Waals surface area contributed by atoms with Crippen LogP contribution in [-0.2, 0) is 0 Å². The van der Waals surface area contributed by atoms with Gasteiger partial charge >= 0.3 is 0 Å². The zero-order valence-electron chi connectivity index (χ0n) is 38.7. The fourth-order valence-electron chi connectivity index (χ4n) is 7.45. The first-order valence-electron chi connectivity index (χ1n) is 22.5. The standard InChI is InChI=1S/C48H30N2O/c1-3-12-31(13-4-1)36-18-11-21-46-48(36)39-25-24-35(30-47(39)51-46)50-43-20-10-8-17-38(43)41-29-33(23-27-45(41)50)32-22-26-44-40(28-32)37-16-7-9-19-42(37)49(44)34-14-5-2-6-15-34/h1-30H/i1D,3D,4D,8D,10D,12D,13D,17D,20D,23D,27D,29D. The van der Waals surface area contributed by atoms with Gasteiger partial charge in [0.1, 0.15) is 11.2 Å². The number of rotatable bonds is 4. The number of furan rings is 1. The maximum absolute atomic E-state index is 9.80. The molecule has 0 atom stereocenters. The van der Waals surface area contributed by atoms with Crippen molar-refractivity contribution in [2.24, 2.45) is 0 Å². The molecule has 3 nitrogen and oxygen atoms in total. The van der Waals surface area contributed by atoms with E-state index in [0.717, 1.165) is 27.5 Å². The van der Waals surface area contributed by atoms with Gasteiger partial charge in [-0.1, -0.05) is 109 Å². The lowest BCUT2D eigenvalue weighted by atomic mass is 9.99. The molecule has 0 aliphatic rings. The molecule has 0 fully saturated rings. The minimum atomic E-state index is -0.507. The molecule has 3 heterocycles. The molecule has 238 valence electrons. The van der Waals surface area contributed by atoms with Crippen molar-refractivity contribution in [3.63, 3.8) is 0 Å². The summed E-state index contributed by atoms with van der Waals surface area (Å²) >= 11 is 0. The van der Waals surface area contributed by atoms with Crippen LogP contribution < -0.4 is 0 Å². The fraction of sp³-hybridized carbons (Fsp3) is 0. The molecule has 0 radical (unpaired) electrons. The minimum absolute atomic E-state index is 0.0125. The van der Waals surface area contributed by atoms with Gasteiger partial charge in [0, 0.05) is 49.8 Å². The van der Waals surface area contributed by atoms with Crippen LogP contribution in [0.25, 0.3) is 99.2 Å². The van der Waals surface area contributed by atoms with E-state index in [1.807, 2.05) is 72.8 Å². The first-order chi connectivity index (χ1) is 30.3. The van der Waals surface area contributed by atoms with Crippen molar-refractivity contribution in [1.29, 1.82) is 0 Å². The molecule has 0 spiro atoms. The lowest BCUT2D eigenvalue weighted by Crippen LogP contribution is -1.93. The first kappa shape index (κ1) is 18.8. The molecule has 0 saturated carbocycles. The van der Waals surface area contributed by atoms with Crippen LogP contribution in [0.1, 0.15) is 16.4 Å². The summed E-state index contributed by atoms with van der Waals surface area (Å²) in [6.45, 7) is 0. The fourth-order valence-corrected chi connectivity index (χ4v) is 7.45. The monoisotopic (exact) mass is 662 g/mol. The van der Waals surface area contributed by atoms with Crippen LogP contribution in [0, 0.1) is 0 Å². The van der Waals surface area contributed by atoms with Crippen LogP contribution in [0.3, 0.4) is 0 Å². The van der Waals surface area contributed by atoms with Gasteiger partial charge in [0.05, 0.1) is 38.5 Å². The molecule has 0 amide bonds. The third-order valence-electron chi connectivity index (χ3n) is 9.64. The van der Waals surface area contributed by atoms with Crippen LogP contribution in [0.5, 0.6) is 0 Å². The number of hydrogen-bond acceptors (Lipinski definition) is 1. The second kappa shape index (κ2) is 10.8. The van der Waals surface area contributed by atoms with E-state index in [1.165, 1.54) is 4.57 Å². The Morgan fingerprint density at radius 2 is 1.20 bits per heavy atom. The van der Waals surface area contributed by atoms with Crippen LogP contribution in [-0.4, -0.2) is 9.13 Å². The quantitative estimate of drug-likeness (QED) is 0.184. The Morgan fingerprint density at radius 1 is 0.412 bits per heavy atom. The molecule has 51 heavy (non-hydrogen) atoms. The van der Waals surface area contributed by atoms with E-state index >= 15 is 0 Å². The Kier molecular flexibility index (Phi) is 3.99. The average Bonchev–Trinajstić information content (AvgIpc) is 3.97. The first-order valence-corrected chi connectivity index (χ1v) is 16.5. The molecule has 11 rings (SSSR count). The van der Waals surface area contributed by atoms with Gasteiger partial charge in [-0.2, -0.15) is 0 Å². The van der Waals surface area contributed by atoms with Crippen LogP contribution in [0.4, 0.5) is 0 Å². The summed E-state index contributed by atoms with van der Waals surface area (Å²) in [6.07, 6.45) is 0. The van der Waals surface area contributed by atoms with Crippen LogP contribution in [0.2, 0.25) is 0 Å². The number of aromatic nitrogens is 2. The van der Waals surface area contributed by atoms with E-state index in [9.17, 15) is 5.48 Å². The molecule has 0 N–H and O–H groups in total. The Morgan fingerprint density at radius 3 is 2.12 bits per heavy atom. The second-order valence-corrected chi connectivity index (χ2v) is 12.4. The summed E-state index contributed by atoms with van der Waals surface area (Å²) in [5.74, 6) is 0. The molecular weight excluding hydrogens is 621 g/mol. The summed E-state index contributed by atoms with van der Waals surface area (Å²) in [7, 11) is 0. The number of benzene rings is 8. The zero-order chi connectivity index (χ0) is 43.9. The minimum Gasteiger partial charge on any atom is -0.456 e. The lowest BCUT2D eigenvalue weighted by Gasteiger charge is -2.09. The summed E-state index contributed by atoms with van der Waals surface area (Å²) in [5.41, 5.74) is 4.93. The van der Waals surface area contributed by atoms with E-state index in [2.05, 4.69) is 4.57 Å². The van der Waals surface area contributed by atoms with E-state index in [-0.39, 0.29) is 69.2 Å². The number of nitrogens with zero attached hydrogens (tertiary/aromatic N) is 2. The van der Waals surface area contributed by atoms with Gasteiger partial charge in [-0.15, -0.1) is 0 Å². The van der Waals surface area contributed by atoms with Gasteiger partial charge < -0.3 is 13.6 Å². The Labute approximate surface area is 310 Å². The summed E-state index contributed by atoms with van der Waals surface area (Å²) < 4.78 is 117. The smallest absolute Gasteiger partial charge is 0.137 e. The van der Waals surface area contributed by atoms with Crippen molar-refractivity contribution in [3.8, 4) is 33.6 Å². The van der Waals surface area contributed by atoms with Crippen molar-refractivity contribution >= 4 is 65.6 Å². The summed E-state index contributed by atoms with van der Waals surface area (Å²) in [6, 6.07) is 29.0. The normalized spacial score (nSPS) is 15.2. The molecule has 0 unspecified atom stereocenters. The van der Waals surface area contributed by atoms with E-state index in [4.69, 9.17) is 15.4 Å². The van der Waals surface area contributed by atoms with E-state index in [0.29, 0.717) is 38.8 Å². The highest BCUT2D eigenvalue weighted by Gasteiger charge is 2.18. The third kappa shape index (κ3) is 4.19. The molecule has 0 bridgehead atoms. The Hall–Kier alpha value is -6.84. The summed E-state index contributed by atoms with van der Waals surface area (Å²) in [5, 5.41) is 2.99. The maximum Gasteiger partial charge on any atom is 0.137 e. The van der Waals surface area contributed by atoms with Gasteiger partial charge in [-0.3, -0.25) is 0 Å². The van der Waals surface area contributed by atoms with Gasteiger partial charge in [0.15, 0.2) is 0 Å². The molecule has 0 aliphatic heterocycles. The molecular formula is C48H30N2O. The molecule has 3 heteroatoms. The topological polar surface area (TPSA) is 23.0 Å². The van der Waals surface area contributed by atoms with Gasteiger partial charge in [0.2, 0.25) is 0 Å². The number of fused-ring (bicyclic) bond motifs is 9. The largest absolute Gasteiger partial charge is 0.456 e. The number of para-hydroxylation sites is 3. The molecule has 0 saturated heterocycles. The van der Waals surface area contributed by atoms with Gasteiger partial charge in [-0.25, -0.2) is 0 Å². The van der Waals surface area contributed by atoms with Crippen LogP contribution in [0.15, 0.2) is 186 Å². The number of hydrogen-bond donors (Lipinski definition) is 0. The van der Waals surface area contributed by atoms with Gasteiger partial charge in [0.25, 0.3) is 0 Å². The third-order valence-corrected chi connectivity index (χ3v) is 9.64. The van der Waals surface area contributed by atoms with E-state index < -0.39 is 36.3 Å². The second-order valence-electron chi connectivity index (χ2n) is 12.4. The van der Waals surface area contributed by atoms with Crippen molar-refractivity contribution in [2.75, 3.05) is 0 Å². The van der Waals surface area contributed by atoms with E-state index in [1.54, 1.807) is 36.4 Å². The Balaban J connectivity index is 1.18. The summed E-state index contributed by atoms with van der Waals surface area (Å²) in [4.78, 5) is 0. The van der Waals surface area contributed by atoms with Crippen LogP contribution >= 0.6 is 0 Å². The maximum atomic E-state index is 9.80. The highest BCUT2D eigenvalue weighted by molar-refractivity contribution is 6.15. The highest BCUT2D eigenvalue weighted by Crippen LogP contribution is 2.41.